The number of nitrogens with one attached hydrogen (secondary N) is 1. The summed E-state index contributed by atoms with van der Waals surface area (Å²) in [5.74, 6) is -1.72. The van der Waals surface area contributed by atoms with E-state index in [2.05, 4.69) is 5.32 Å². The smallest absolute Gasteiger partial charge is 0.335 e. The predicted octanol–water partition coefficient (Wildman–Crippen LogP) is 3.73. The quantitative estimate of drug-likeness (QED) is 0.733. The van der Waals surface area contributed by atoms with Gasteiger partial charge in [0.05, 0.1) is 21.2 Å². The Morgan fingerprint density at radius 2 is 1.61 bits per heavy atom. The summed E-state index contributed by atoms with van der Waals surface area (Å²) in [7, 11) is -3.83. The standard InChI is InChI=1S/C18H16Cl2N2O5S/c19-14-10-15(20)16(28(26,27)22-7-1-2-8-22)9-13(14)17(23)21-12-5-3-11(4-6-12)18(24)25/h3-6,9-10H,1-2,7-8H2,(H,21,23)(H,24,25). The number of carbonyl (C=O) groups is 2. The van der Waals surface area contributed by atoms with Crippen molar-refractivity contribution in [1.82, 2.24) is 4.31 Å². The zero-order valence-electron chi connectivity index (χ0n) is 14.5. The Morgan fingerprint density at radius 1 is 1.00 bits per heavy atom. The number of carbonyl (C=O) groups excluding carboxylic acids is 1. The average molecular weight is 443 g/mol. The minimum absolute atomic E-state index is 0.00466. The Labute approximate surface area is 171 Å². The van der Waals surface area contributed by atoms with Crippen molar-refractivity contribution in [3.63, 3.8) is 0 Å². The van der Waals surface area contributed by atoms with E-state index in [1.54, 1.807) is 0 Å². The van der Waals surface area contributed by atoms with Crippen LogP contribution < -0.4 is 5.32 Å². The number of sulfonamides is 1. The molecule has 0 bridgehead atoms. The van der Waals surface area contributed by atoms with E-state index < -0.39 is 21.9 Å². The zero-order chi connectivity index (χ0) is 20.5. The maximum absolute atomic E-state index is 12.8. The molecule has 1 aliphatic rings. The molecule has 1 amide bonds. The highest BCUT2D eigenvalue weighted by atomic mass is 35.5. The third-order valence-electron chi connectivity index (χ3n) is 4.34. The molecule has 0 aromatic heterocycles. The lowest BCUT2D eigenvalue weighted by atomic mass is 10.2. The van der Waals surface area contributed by atoms with Crippen LogP contribution in [0, 0.1) is 0 Å². The molecule has 3 rings (SSSR count). The van der Waals surface area contributed by atoms with Crippen LogP contribution in [-0.4, -0.2) is 42.8 Å². The van der Waals surface area contributed by atoms with Crippen molar-refractivity contribution in [2.24, 2.45) is 0 Å². The van der Waals surface area contributed by atoms with Crippen molar-refractivity contribution >= 4 is 50.8 Å². The van der Waals surface area contributed by atoms with Gasteiger partial charge in [-0.1, -0.05) is 23.2 Å². The van der Waals surface area contributed by atoms with Gasteiger partial charge in [0.15, 0.2) is 0 Å². The molecule has 0 saturated carbocycles. The lowest BCUT2D eigenvalue weighted by molar-refractivity contribution is 0.0696. The summed E-state index contributed by atoms with van der Waals surface area (Å²) >= 11 is 12.2. The predicted molar refractivity (Wildman–Crippen MR) is 106 cm³/mol. The minimum atomic E-state index is -3.83. The highest BCUT2D eigenvalue weighted by molar-refractivity contribution is 7.89. The topological polar surface area (TPSA) is 104 Å². The molecule has 1 aliphatic heterocycles. The van der Waals surface area contributed by atoms with E-state index in [1.807, 2.05) is 0 Å². The number of amides is 1. The van der Waals surface area contributed by atoms with E-state index in [4.69, 9.17) is 28.3 Å². The molecule has 2 aromatic rings. The number of halogens is 2. The number of carboxylic acid groups (broad SMARTS) is 1. The second-order valence-corrected chi connectivity index (χ2v) is 8.93. The molecule has 1 fully saturated rings. The van der Waals surface area contributed by atoms with E-state index in [0.717, 1.165) is 12.8 Å². The Hall–Kier alpha value is -2.13. The van der Waals surface area contributed by atoms with Crippen LogP contribution in [0.1, 0.15) is 33.6 Å². The third-order valence-corrected chi connectivity index (χ3v) is 7.01. The Balaban J connectivity index is 1.91. The van der Waals surface area contributed by atoms with Gasteiger partial charge in [-0.15, -0.1) is 0 Å². The summed E-state index contributed by atoms with van der Waals surface area (Å²) in [6.45, 7) is 0.803. The van der Waals surface area contributed by atoms with Gasteiger partial charge in [-0.25, -0.2) is 13.2 Å². The number of anilines is 1. The number of benzene rings is 2. The van der Waals surface area contributed by atoms with E-state index in [0.29, 0.717) is 18.8 Å². The van der Waals surface area contributed by atoms with E-state index in [-0.39, 0.29) is 26.1 Å². The normalized spacial score (nSPS) is 14.8. The number of nitrogens with zero attached hydrogens (tertiary/aromatic N) is 1. The number of carboxylic acids is 1. The van der Waals surface area contributed by atoms with Crippen molar-refractivity contribution in [3.05, 3.63) is 57.6 Å². The Bertz CT molecular complexity index is 1030. The van der Waals surface area contributed by atoms with Crippen molar-refractivity contribution in [2.45, 2.75) is 17.7 Å². The van der Waals surface area contributed by atoms with Gasteiger partial charge >= 0.3 is 5.97 Å². The summed E-state index contributed by atoms with van der Waals surface area (Å²) < 4.78 is 27.0. The minimum Gasteiger partial charge on any atom is -0.478 e. The van der Waals surface area contributed by atoms with Gasteiger partial charge in [-0.05, 0) is 49.2 Å². The van der Waals surface area contributed by atoms with Gasteiger partial charge in [-0.3, -0.25) is 4.79 Å². The molecule has 7 nitrogen and oxygen atoms in total. The fraction of sp³-hybridized carbons (Fsp3) is 0.222. The molecule has 0 radical (unpaired) electrons. The highest BCUT2D eigenvalue weighted by Gasteiger charge is 2.30. The first-order valence-electron chi connectivity index (χ1n) is 8.34. The molecule has 0 aliphatic carbocycles. The van der Waals surface area contributed by atoms with Crippen LogP contribution in [0.5, 0.6) is 0 Å². The fourth-order valence-electron chi connectivity index (χ4n) is 2.86. The molecule has 148 valence electrons. The van der Waals surface area contributed by atoms with Gasteiger partial charge in [0.1, 0.15) is 4.90 Å². The summed E-state index contributed by atoms with van der Waals surface area (Å²) in [5, 5.41) is 11.4. The maximum Gasteiger partial charge on any atom is 0.335 e. The van der Waals surface area contributed by atoms with Crippen LogP contribution in [0.4, 0.5) is 5.69 Å². The summed E-state index contributed by atoms with van der Waals surface area (Å²) in [5.41, 5.74) is 0.359. The van der Waals surface area contributed by atoms with E-state index in [1.165, 1.54) is 40.7 Å². The molecule has 2 N–H and O–H groups in total. The molecule has 10 heteroatoms. The Kier molecular flexibility index (Phi) is 5.95. The summed E-state index contributed by atoms with van der Waals surface area (Å²) in [6, 6.07) is 7.92. The first-order chi connectivity index (χ1) is 13.2. The second kappa shape index (κ2) is 8.08. The molecule has 0 spiro atoms. The maximum atomic E-state index is 12.8. The molecule has 2 aromatic carbocycles. The summed E-state index contributed by atoms with van der Waals surface area (Å²) in [4.78, 5) is 23.3. The molecular formula is C18H16Cl2N2O5S. The molecule has 1 heterocycles. The molecule has 0 unspecified atom stereocenters. The second-order valence-electron chi connectivity index (χ2n) is 6.21. The zero-order valence-corrected chi connectivity index (χ0v) is 16.8. The van der Waals surface area contributed by atoms with Gasteiger partial charge < -0.3 is 10.4 Å². The monoisotopic (exact) mass is 442 g/mol. The van der Waals surface area contributed by atoms with Crippen LogP contribution in [0.2, 0.25) is 10.0 Å². The van der Waals surface area contributed by atoms with E-state index in [9.17, 15) is 18.0 Å². The molecule has 1 saturated heterocycles. The lowest BCUT2D eigenvalue weighted by Crippen LogP contribution is -2.28. The van der Waals surface area contributed by atoms with Crippen molar-refractivity contribution < 1.29 is 23.1 Å². The van der Waals surface area contributed by atoms with Crippen LogP contribution in [-0.2, 0) is 10.0 Å². The molecular weight excluding hydrogens is 427 g/mol. The highest BCUT2D eigenvalue weighted by Crippen LogP contribution is 2.32. The van der Waals surface area contributed by atoms with Crippen molar-refractivity contribution in [2.75, 3.05) is 18.4 Å². The van der Waals surface area contributed by atoms with Gasteiger partial charge in [-0.2, -0.15) is 4.31 Å². The number of hydrogen-bond donors (Lipinski definition) is 2. The number of rotatable bonds is 5. The van der Waals surface area contributed by atoms with Gasteiger partial charge in [0.25, 0.3) is 5.91 Å². The van der Waals surface area contributed by atoms with Crippen LogP contribution in [0.15, 0.2) is 41.3 Å². The summed E-state index contributed by atoms with van der Waals surface area (Å²) in [6.07, 6.45) is 1.54. The Morgan fingerprint density at radius 3 is 2.18 bits per heavy atom. The third kappa shape index (κ3) is 4.15. The average Bonchev–Trinajstić information content (AvgIpc) is 3.17. The largest absolute Gasteiger partial charge is 0.478 e. The molecule has 0 atom stereocenters. The SMILES string of the molecule is O=C(O)c1ccc(NC(=O)c2cc(S(=O)(=O)N3CCCC3)c(Cl)cc2Cl)cc1. The van der Waals surface area contributed by atoms with E-state index >= 15 is 0 Å². The number of hydrogen-bond acceptors (Lipinski definition) is 4. The first-order valence-corrected chi connectivity index (χ1v) is 10.5. The molecule has 28 heavy (non-hydrogen) atoms. The van der Waals surface area contributed by atoms with Crippen molar-refractivity contribution in [3.8, 4) is 0 Å². The number of aromatic carboxylic acids is 1. The van der Waals surface area contributed by atoms with Crippen LogP contribution in [0.3, 0.4) is 0 Å². The van der Waals surface area contributed by atoms with Gasteiger partial charge in [0, 0.05) is 18.8 Å². The first kappa shape index (κ1) is 20.6. The van der Waals surface area contributed by atoms with Crippen LogP contribution >= 0.6 is 23.2 Å². The van der Waals surface area contributed by atoms with Crippen molar-refractivity contribution in [1.29, 1.82) is 0 Å². The van der Waals surface area contributed by atoms with Gasteiger partial charge in [0.2, 0.25) is 10.0 Å². The lowest BCUT2D eigenvalue weighted by Gasteiger charge is -2.17. The van der Waals surface area contributed by atoms with Crippen LogP contribution in [0.25, 0.3) is 0 Å². The fourth-order valence-corrected chi connectivity index (χ4v) is 5.21.